The van der Waals surface area contributed by atoms with Crippen LogP contribution in [0.3, 0.4) is 0 Å². The molecule has 0 saturated heterocycles. The van der Waals surface area contributed by atoms with Crippen LogP contribution in [-0.4, -0.2) is 31.5 Å². The number of nitrogens with one attached hydrogen (secondary N) is 1. The fourth-order valence-corrected chi connectivity index (χ4v) is 4.66. The van der Waals surface area contributed by atoms with Crippen LogP contribution in [0, 0.1) is 5.82 Å². The van der Waals surface area contributed by atoms with Crippen LogP contribution < -0.4 is 10.9 Å². The number of nitrogens with zero attached hydrogens (tertiary/aromatic N) is 4. The molecule has 5 rings (SSSR count). The Bertz CT molecular complexity index is 1390. The van der Waals surface area contributed by atoms with Crippen molar-refractivity contribution in [2.75, 3.05) is 6.54 Å². The minimum Gasteiger partial charge on any atom is -0.348 e. The summed E-state index contributed by atoms with van der Waals surface area (Å²) in [4.78, 5) is 28.6. The molecule has 0 fully saturated rings. The molecule has 8 heteroatoms. The van der Waals surface area contributed by atoms with Crippen LogP contribution in [0.1, 0.15) is 39.7 Å². The number of carbonyl (C=O) groups excluding carboxylic acids is 1. The number of aryl methyl sites for hydroxylation is 1. The molecule has 7 nitrogen and oxygen atoms in total. The third-order valence-electron chi connectivity index (χ3n) is 6.35. The zero-order valence-corrected chi connectivity index (χ0v) is 19.0. The highest BCUT2D eigenvalue weighted by atomic mass is 19.1. The highest BCUT2D eigenvalue weighted by Gasteiger charge is 2.27. The predicted molar refractivity (Wildman–Crippen MR) is 127 cm³/mol. The lowest BCUT2D eigenvalue weighted by Crippen LogP contribution is -2.38. The van der Waals surface area contributed by atoms with Gasteiger partial charge in [0.2, 0.25) is 0 Å². The molecule has 1 N–H and O–H groups in total. The van der Waals surface area contributed by atoms with Gasteiger partial charge in [-0.15, -0.1) is 0 Å². The first kappa shape index (κ1) is 22.0. The fourth-order valence-electron chi connectivity index (χ4n) is 4.66. The Morgan fingerprint density at radius 2 is 1.85 bits per heavy atom. The molecule has 0 atom stereocenters. The number of carbonyl (C=O) groups is 1. The predicted octanol–water partition coefficient (Wildman–Crippen LogP) is 3.14. The number of amides is 1. The summed E-state index contributed by atoms with van der Waals surface area (Å²) in [5, 5.41) is 7.15. The van der Waals surface area contributed by atoms with Gasteiger partial charge in [-0.3, -0.25) is 14.5 Å². The van der Waals surface area contributed by atoms with Crippen molar-refractivity contribution in [3.63, 3.8) is 0 Å². The molecule has 174 valence electrons. The Hall–Kier alpha value is -3.78. The lowest BCUT2D eigenvalue weighted by atomic mass is 10.0. The largest absolute Gasteiger partial charge is 0.348 e. The van der Waals surface area contributed by atoms with E-state index >= 15 is 0 Å². The van der Waals surface area contributed by atoms with E-state index in [-0.39, 0.29) is 23.8 Å². The monoisotopic (exact) mass is 459 g/mol. The van der Waals surface area contributed by atoms with E-state index in [9.17, 15) is 14.0 Å². The summed E-state index contributed by atoms with van der Waals surface area (Å²) < 4.78 is 16.5. The number of halogens is 1. The molecule has 3 heterocycles. The first-order valence-electron chi connectivity index (χ1n) is 11.5. The maximum atomic E-state index is 13.4. The summed E-state index contributed by atoms with van der Waals surface area (Å²) in [5.41, 5.74) is 4.40. The standard InChI is InChI=1S/C26H26FN5O2/c1-2-31-23-12-13-30(16-19-6-4-3-5-7-19)17-22(23)26(34)32-25(31)21(15-29-32)24(33)28-14-18-8-10-20(27)11-9-18/h3-11,15H,2,12-14,16-17H2,1H3,(H,28,33). The van der Waals surface area contributed by atoms with Gasteiger partial charge >= 0.3 is 0 Å². The highest BCUT2D eigenvalue weighted by molar-refractivity contribution is 5.99. The van der Waals surface area contributed by atoms with Gasteiger partial charge in [0.1, 0.15) is 11.4 Å². The third-order valence-corrected chi connectivity index (χ3v) is 6.35. The van der Waals surface area contributed by atoms with Crippen molar-refractivity contribution in [2.45, 2.75) is 39.5 Å². The molecule has 0 spiro atoms. The third kappa shape index (κ3) is 4.12. The van der Waals surface area contributed by atoms with E-state index in [1.54, 1.807) is 12.1 Å². The number of aromatic nitrogens is 3. The van der Waals surface area contributed by atoms with E-state index in [0.29, 0.717) is 24.3 Å². The van der Waals surface area contributed by atoms with Gasteiger partial charge in [0.15, 0.2) is 5.65 Å². The molecule has 34 heavy (non-hydrogen) atoms. The van der Waals surface area contributed by atoms with Gasteiger partial charge in [-0.05, 0) is 30.2 Å². The van der Waals surface area contributed by atoms with Crippen LogP contribution in [-0.2, 0) is 32.6 Å². The molecule has 2 aromatic heterocycles. The molecule has 1 amide bonds. The van der Waals surface area contributed by atoms with Gasteiger partial charge in [0.25, 0.3) is 11.5 Å². The quantitative estimate of drug-likeness (QED) is 0.481. The molecule has 4 aromatic rings. The molecule has 0 unspecified atom stereocenters. The van der Waals surface area contributed by atoms with Crippen LogP contribution in [0.4, 0.5) is 4.39 Å². The SMILES string of the molecule is CCn1c2c(c(=O)n3ncc(C(=O)NCc4ccc(F)cc4)c13)CN(Cc1ccccc1)CC2. The van der Waals surface area contributed by atoms with Crippen LogP contribution >= 0.6 is 0 Å². The zero-order chi connectivity index (χ0) is 23.7. The van der Waals surface area contributed by atoms with Crippen LogP contribution in [0.25, 0.3) is 5.65 Å². The van der Waals surface area contributed by atoms with E-state index in [1.165, 1.54) is 28.4 Å². The number of benzene rings is 2. The molecular weight excluding hydrogens is 433 g/mol. The molecule has 2 aromatic carbocycles. The van der Waals surface area contributed by atoms with Gasteiger partial charge < -0.3 is 9.88 Å². The maximum absolute atomic E-state index is 13.4. The summed E-state index contributed by atoms with van der Waals surface area (Å²) in [6.45, 7) is 5.04. The Morgan fingerprint density at radius 3 is 2.59 bits per heavy atom. The van der Waals surface area contributed by atoms with E-state index in [1.807, 2.05) is 29.7 Å². The van der Waals surface area contributed by atoms with Crippen molar-refractivity contribution in [3.05, 3.63) is 105 Å². The summed E-state index contributed by atoms with van der Waals surface area (Å²) in [6.07, 6.45) is 2.18. The van der Waals surface area contributed by atoms with Gasteiger partial charge in [-0.2, -0.15) is 9.61 Å². The second kappa shape index (κ2) is 9.23. The average Bonchev–Trinajstić information content (AvgIpc) is 3.30. The molecule has 0 saturated carbocycles. The Kier molecular flexibility index (Phi) is 5.98. The van der Waals surface area contributed by atoms with Gasteiger partial charge in [0.05, 0.1) is 11.8 Å². The van der Waals surface area contributed by atoms with Crippen molar-refractivity contribution < 1.29 is 9.18 Å². The average molecular weight is 460 g/mol. The number of hydrogen-bond acceptors (Lipinski definition) is 4. The number of hydrogen-bond donors (Lipinski definition) is 1. The van der Waals surface area contributed by atoms with Crippen molar-refractivity contribution >= 4 is 11.6 Å². The van der Waals surface area contributed by atoms with Crippen molar-refractivity contribution in [2.24, 2.45) is 0 Å². The van der Waals surface area contributed by atoms with E-state index in [4.69, 9.17) is 0 Å². The van der Waals surface area contributed by atoms with Crippen molar-refractivity contribution in [1.29, 1.82) is 0 Å². The molecular formula is C26H26FN5O2. The van der Waals surface area contributed by atoms with Crippen molar-refractivity contribution in [3.8, 4) is 0 Å². The van der Waals surface area contributed by atoms with E-state index in [0.717, 1.165) is 36.3 Å². The van der Waals surface area contributed by atoms with Crippen molar-refractivity contribution in [1.82, 2.24) is 24.4 Å². The summed E-state index contributed by atoms with van der Waals surface area (Å²) in [7, 11) is 0. The smallest absolute Gasteiger partial charge is 0.279 e. The minimum absolute atomic E-state index is 0.176. The molecule has 1 aliphatic rings. The van der Waals surface area contributed by atoms with Gasteiger partial charge in [-0.25, -0.2) is 4.39 Å². The molecule has 0 bridgehead atoms. The lowest BCUT2D eigenvalue weighted by molar-refractivity contribution is 0.0952. The molecule has 0 aliphatic carbocycles. The Labute approximate surface area is 196 Å². The van der Waals surface area contributed by atoms with Crippen LogP contribution in [0.2, 0.25) is 0 Å². The molecule has 1 aliphatic heterocycles. The molecule has 0 radical (unpaired) electrons. The summed E-state index contributed by atoms with van der Waals surface area (Å²) in [5.74, 6) is -0.640. The maximum Gasteiger partial charge on any atom is 0.279 e. The highest BCUT2D eigenvalue weighted by Crippen LogP contribution is 2.22. The van der Waals surface area contributed by atoms with E-state index < -0.39 is 0 Å². The van der Waals surface area contributed by atoms with Crippen LogP contribution in [0.15, 0.2) is 65.6 Å². The fraction of sp³-hybridized carbons (Fsp3) is 0.269. The second-order valence-electron chi connectivity index (χ2n) is 8.52. The zero-order valence-electron chi connectivity index (χ0n) is 19.0. The number of rotatable bonds is 6. The Balaban J connectivity index is 1.44. The first-order chi connectivity index (χ1) is 16.5. The summed E-state index contributed by atoms with van der Waals surface area (Å²) in [6, 6.07) is 16.2. The van der Waals surface area contributed by atoms with Gasteiger partial charge in [-0.1, -0.05) is 42.5 Å². The lowest BCUT2D eigenvalue weighted by Gasteiger charge is -2.30. The normalized spacial score (nSPS) is 13.7. The van der Waals surface area contributed by atoms with E-state index in [2.05, 4.69) is 27.4 Å². The Morgan fingerprint density at radius 1 is 1.09 bits per heavy atom. The first-order valence-corrected chi connectivity index (χ1v) is 11.5. The minimum atomic E-state index is -0.322. The summed E-state index contributed by atoms with van der Waals surface area (Å²) >= 11 is 0. The van der Waals surface area contributed by atoms with Gasteiger partial charge in [0, 0.05) is 44.8 Å². The topological polar surface area (TPSA) is 71.6 Å². The van der Waals surface area contributed by atoms with Crippen LogP contribution in [0.5, 0.6) is 0 Å². The second-order valence-corrected chi connectivity index (χ2v) is 8.52. The number of fused-ring (bicyclic) bond motifs is 2.